The lowest BCUT2D eigenvalue weighted by Gasteiger charge is -2.47. The number of halogens is 3. The molecule has 1 aromatic carbocycles. The molecule has 1 amide bonds. The molecule has 0 N–H and O–H groups in total. The van der Waals surface area contributed by atoms with Crippen LogP contribution in [0.3, 0.4) is 0 Å². The first-order valence-electron chi connectivity index (χ1n) is 9.76. The number of aromatic nitrogens is 3. The van der Waals surface area contributed by atoms with Crippen LogP contribution in [0.1, 0.15) is 55.1 Å². The lowest BCUT2D eigenvalue weighted by molar-refractivity contribution is -0.137. The van der Waals surface area contributed by atoms with Gasteiger partial charge < -0.3 is 4.90 Å². The van der Waals surface area contributed by atoms with Gasteiger partial charge >= 0.3 is 6.18 Å². The molecule has 2 heterocycles. The molecule has 2 aromatic rings. The highest BCUT2D eigenvalue weighted by Crippen LogP contribution is 2.39. The summed E-state index contributed by atoms with van der Waals surface area (Å²) in [5.74, 6) is 0.843. The van der Waals surface area contributed by atoms with Crippen molar-refractivity contribution in [3.05, 3.63) is 41.7 Å². The van der Waals surface area contributed by atoms with Crippen LogP contribution in [0.2, 0.25) is 0 Å². The number of rotatable bonds is 2. The van der Waals surface area contributed by atoms with E-state index in [1.807, 2.05) is 4.90 Å². The molecule has 1 saturated carbocycles. The first kappa shape index (κ1) is 19.0. The number of para-hydroxylation sites is 1. The highest BCUT2D eigenvalue weighted by atomic mass is 19.4. The minimum Gasteiger partial charge on any atom is -0.334 e. The van der Waals surface area contributed by atoms with Gasteiger partial charge in [0.15, 0.2) is 5.69 Å². The zero-order chi connectivity index (χ0) is 19.9. The van der Waals surface area contributed by atoms with Crippen molar-refractivity contribution in [1.82, 2.24) is 19.9 Å². The lowest BCUT2D eigenvalue weighted by Crippen LogP contribution is -2.52. The third kappa shape index (κ3) is 3.40. The van der Waals surface area contributed by atoms with Gasteiger partial charge in [0.2, 0.25) is 0 Å². The number of piperidine rings is 1. The van der Waals surface area contributed by atoms with E-state index in [2.05, 4.69) is 17.2 Å². The number of likely N-dealkylation sites (tertiary alicyclic amines) is 1. The summed E-state index contributed by atoms with van der Waals surface area (Å²) < 4.78 is 40.9. The Morgan fingerprint density at radius 3 is 2.68 bits per heavy atom. The standard InChI is InChI=1S/C20H23F3N4O/c1-13-10-11-26(17-8-4-2-6-14(13)17)19(28)16-12-27(25-24-16)18-9-5-3-7-15(18)20(21,22)23/h3,5,7,9,12-14,17H,2,4,6,8,10-11H2,1H3/t13-,14+,17-/m1/s1. The molecule has 0 unspecified atom stereocenters. The third-order valence-corrected chi connectivity index (χ3v) is 6.17. The van der Waals surface area contributed by atoms with Crippen molar-refractivity contribution in [3.63, 3.8) is 0 Å². The monoisotopic (exact) mass is 392 g/mol. The van der Waals surface area contributed by atoms with Crippen LogP contribution in [0.4, 0.5) is 13.2 Å². The van der Waals surface area contributed by atoms with Crippen molar-refractivity contribution in [2.45, 2.75) is 51.2 Å². The summed E-state index contributed by atoms with van der Waals surface area (Å²) in [5.41, 5.74) is -0.849. The van der Waals surface area contributed by atoms with Gasteiger partial charge in [0.25, 0.3) is 5.91 Å². The maximum Gasteiger partial charge on any atom is 0.418 e. The van der Waals surface area contributed by atoms with Gasteiger partial charge in [-0.15, -0.1) is 5.10 Å². The SMILES string of the molecule is C[C@@H]1CCN(C(=O)c2cn(-c3ccccc3C(F)(F)F)nn2)[C@@H]2CCCC[C@@H]12. The molecule has 5 nitrogen and oxygen atoms in total. The Hall–Kier alpha value is -2.38. The molecule has 0 spiro atoms. The van der Waals surface area contributed by atoms with E-state index in [1.165, 1.54) is 30.8 Å². The smallest absolute Gasteiger partial charge is 0.334 e. The number of benzene rings is 1. The zero-order valence-electron chi connectivity index (χ0n) is 15.7. The van der Waals surface area contributed by atoms with Crippen LogP contribution in [-0.4, -0.2) is 38.4 Å². The number of carbonyl (C=O) groups is 1. The second-order valence-electron chi connectivity index (χ2n) is 7.84. The predicted molar refractivity (Wildman–Crippen MR) is 96.9 cm³/mol. The number of fused-ring (bicyclic) bond motifs is 1. The van der Waals surface area contributed by atoms with Gasteiger partial charge in [0.1, 0.15) is 0 Å². The van der Waals surface area contributed by atoms with Crippen molar-refractivity contribution in [2.75, 3.05) is 6.54 Å². The van der Waals surface area contributed by atoms with Gasteiger partial charge in [-0.3, -0.25) is 4.79 Å². The molecule has 1 aromatic heterocycles. The number of alkyl halides is 3. The second kappa shape index (κ2) is 7.22. The summed E-state index contributed by atoms with van der Waals surface area (Å²) in [6, 6.07) is 5.35. The summed E-state index contributed by atoms with van der Waals surface area (Å²) in [5, 5.41) is 7.72. The highest BCUT2D eigenvalue weighted by Gasteiger charge is 2.40. The second-order valence-corrected chi connectivity index (χ2v) is 7.84. The van der Waals surface area contributed by atoms with E-state index < -0.39 is 11.7 Å². The van der Waals surface area contributed by atoms with Crippen LogP contribution >= 0.6 is 0 Å². The molecule has 0 radical (unpaired) electrons. The number of hydrogen-bond acceptors (Lipinski definition) is 3. The summed E-state index contributed by atoms with van der Waals surface area (Å²) in [7, 11) is 0. The van der Waals surface area contributed by atoms with E-state index in [4.69, 9.17) is 0 Å². The average Bonchev–Trinajstić information content (AvgIpc) is 3.17. The Morgan fingerprint density at radius 2 is 1.89 bits per heavy atom. The Kier molecular flexibility index (Phi) is 4.89. The topological polar surface area (TPSA) is 51.0 Å². The van der Waals surface area contributed by atoms with Crippen LogP contribution in [0.15, 0.2) is 30.5 Å². The maximum absolute atomic E-state index is 13.3. The van der Waals surface area contributed by atoms with Crippen LogP contribution in [-0.2, 0) is 6.18 Å². The molecule has 3 atom stereocenters. The molecule has 8 heteroatoms. The van der Waals surface area contributed by atoms with Gasteiger partial charge in [-0.2, -0.15) is 13.2 Å². The van der Waals surface area contributed by atoms with Crippen LogP contribution in [0.5, 0.6) is 0 Å². The van der Waals surface area contributed by atoms with Crippen molar-refractivity contribution >= 4 is 5.91 Å². The molecular formula is C20H23F3N4O. The van der Waals surface area contributed by atoms with Crippen molar-refractivity contribution < 1.29 is 18.0 Å². The van der Waals surface area contributed by atoms with E-state index in [0.29, 0.717) is 18.4 Å². The lowest BCUT2D eigenvalue weighted by atomic mass is 9.72. The number of carbonyl (C=O) groups excluding carboxylic acids is 1. The van der Waals surface area contributed by atoms with Gasteiger partial charge in [-0.05, 0) is 43.2 Å². The molecule has 28 heavy (non-hydrogen) atoms. The van der Waals surface area contributed by atoms with E-state index in [-0.39, 0.29) is 23.3 Å². The van der Waals surface area contributed by atoms with Crippen molar-refractivity contribution in [2.24, 2.45) is 11.8 Å². The Morgan fingerprint density at radius 1 is 1.14 bits per heavy atom. The maximum atomic E-state index is 13.3. The number of hydrogen-bond donors (Lipinski definition) is 0. The first-order chi connectivity index (χ1) is 13.4. The minimum atomic E-state index is -4.51. The fraction of sp³-hybridized carbons (Fsp3) is 0.550. The summed E-state index contributed by atoms with van der Waals surface area (Å²) >= 11 is 0. The molecule has 150 valence electrons. The molecule has 1 aliphatic carbocycles. The van der Waals surface area contributed by atoms with Crippen LogP contribution in [0, 0.1) is 11.8 Å². The Balaban J connectivity index is 1.61. The van der Waals surface area contributed by atoms with E-state index >= 15 is 0 Å². The zero-order valence-corrected chi connectivity index (χ0v) is 15.7. The van der Waals surface area contributed by atoms with Crippen LogP contribution < -0.4 is 0 Å². The normalized spacial score (nSPS) is 25.4. The summed E-state index contributed by atoms with van der Waals surface area (Å²) in [4.78, 5) is 14.9. The fourth-order valence-electron chi connectivity index (χ4n) is 4.71. The molecule has 1 saturated heterocycles. The average molecular weight is 392 g/mol. The summed E-state index contributed by atoms with van der Waals surface area (Å²) in [6.07, 6.45) is 2.14. The largest absolute Gasteiger partial charge is 0.418 e. The fourth-order valence-corrected chi connectivity index (χ4v) is 4.71. The molecular weight excluding hydrogens is 369 g/mol. The van der Waals surface area contributed by atoms with Gasteiger partial charge in [-0.25, -0.2) is 4.68 Å². The van der Waals surface area contributed by atoms with E-state index in [0.717, 1.165) is 36.4 Å². The number of nitrogens with zero attached hydrogens (tertiary/aromatic N) is 4. The molecule has 4 rings (SSSR count). The van der Waals surface area contributed by atoms with Crippen LogP contribution in [0.25, 0.3) is 5.69 Å². The molecule has 0 bridgehead atoms. The quantitative estimate of drug-likeness (QED) is 0.765. The van der Waals surface area contributed by atoms with Crippen molar-refractivity contribution in [1.29, 1.82) is 0 Å². The third-order valence-electron chi connectivity index (χ3n) is 6.17. The molecule has 2 fully saturated rings. The molecule has 2 aliphatic rings. The summed E-state index contributed by atoms with van der Waals surface area (Å²) in [6.45, 7) is 2.91. The highest BCUT2D eigenvalue weighted by molar-refractivity contribution is 5.92. The van der Waals surface area contributed by atoms with Crippen molar-refractivity contribution in [3.8, 4) is 5.69 Å². The van der Waals surface area contributed by atoms with Gasteiger partial charge in [0.05, 0.1) is 17.4 Å². The van der Waals surface area contributed by atoms with Gasteiger partial charge in [0, 0.05) is 12.6 Å². The minimum absolute atomic E-state index is 0.0934. The first-order valence-corrected chi connectivity index (χ1v) is 9.76. The van der Waals surface area contributed by atoms with E-state index in [1.54, 1.807) is 0 Å². The van der Waals surface area contributed by atoms with E-state index in [9.17, 15) is 18.0 Å². The predicted octanol–water partition coefficient (Wildman–Crippen LogP) is 4.33. The molecule has 1 aliphatic heterocycles. The Labute approximate surface area is 161 Å². The Bertz CT molecular complexity index is 863. The number of amides is 1. The van der Waals surface area contributed by atoms with Gasteiger partial charge in [-0.1, -0.05) is 37.1 Å².